The molecule has 0 spiro atoms. The molecule has 0 saturated carbocycles. The third kappa shape index (κ3) is 7.01. The number of aromatic nitrogens is 2. The van der Waals surface area contributed by atoms with E-state index < -0.39 is 23.3 Å². The first-order chi connectivity index (χ1) is 9.96. The van der Waals surface area contributed by atoms with Gasteiger partial charge in [0.05, 0.1) is 0 Å². The Bertz CT molecular complexity index is 548. The van der Waals surface area contributed by atoms with Crippen LogP contribution in [0.5, 0.6) is 0 Å². The van der Waals surface area contributed by atoms with Crippen molar-refractivity contribution in [1.29, 1.82) is 0 Å². The first-order valence-electron chi connectivity index (χ1n) is 6.99. The van der Waals surface area contributed by atoms with E-state index in [1.165, 1.54) is 10.9 Å². The maximum absolute atomic E-state index is 11.9. The Morgan fingerprint density at radius 1 is 1.09 bits per heavy atom. The number of aliphatic imine (C=N–C) groups is 1. The average Bonchev–Trinajstić information content (AvgIpc) is 2.75. The van der Waals surface area contributed by atoms with Gasteiger partial charge >= 0.3 is 12.1 Å². The second-order valence-corrected chi connectivity index (χ2v) is 6.72. The zero-order chi connectivity index (χ0) is 17.0. The Balaban J connectivity index is 2.91. The second-order valence-electron chi connectivity index (χ2n) is 6.72. The van der Waals surface area contributed by atoms with Crippen molar-refractivity contribution in [2.45, 2.75) is 59.2 Å². The van der Waals surface area contributed by atoms with Crippen molar-refractivity contribution in [3.8, 4) is 0 Å². The second kappa shape index (κ2) is 6.72. The molecule has 7 heteroatoms. The molecule has 1 aromatic rings. The lowest BCUT2D eigenvalue weighted by molar-refractivity contribution is -0.153. The highest BCUT2D eigenvalue weighted by Crippen LogP contribution is 2.11. The van der Waals surface area contributed by atoms with Crippen LogP contribution in [0.15, 0.2) is 23.5 Å². The SMILES string of the molecule is CC(C)(C)OC(=O)CC(=NC(=O)OC(C)(C)C)n1cccn1. The van der Waals surface area contributed by atoms with Crippen LogP contribution in [0, 0.1) is 0 Å². The molecule has 0 radical (unpaired) electrons. The Morgan fingerprint density at radius 2 is 1.68 bits per heavy atom. The van der Waals surface area contributed by atoms with E-state index in [9.17, 15) is 9.59 Å². The molecule has 0 atom stereocenters. The van der Waals surface area contributed by atoms with Crippen LogP contribution in [-0.4, -0.2) is 38.9 Å². The van der Waals surface area contributed by atoms with Gasteiger partial charge in [-0.25, -0.2) is 9.48 Å². The van der Waals surface area contributed by atoms with Crippen molar-refractivity contribution in [1.82, 2.24) is 9.78 Å². The summed E-state index contributed by atoms with van der Waals surface area (Å²) in [5, 5.41) is 3.99. The number of carbonyl (C=O) groups excluding carboxylic acids is 2. The Hall–Kier alpha value is -2.18. The summed E-state index contributed by atoms with van der Waals surface area (Å²) in [5.74, 6) is -0.348. The van der Waals surface area contributed by atoms with E-state index >= 15 is 0 Å². The molecule has 0 fully saturated rings. The normalized spacial score (nSPS) is 12.9. The highest BCUT2D eigenvalue weighted by molar-refractivity contribution is 6.02. The van der Waals surface area contributed by atoms with E-state index in [4.69, 9.17) is 9.47 Å². The maximum atomic E-state index is 11.9. The molecule has 22 heavy (non-hydrogen) atoms. The number of hydrogen-bond donors (Lipinski definition) is 0. The van der Waals surface area contributed by atoms with Crippen LogP contribution in [0.1, 0.15) is 48.0 Å². The predicted octanol–water partition coefficient (Wildman–Crippen LogP) is 2.80. The van der Waals surface area contributed by atoms with Gasteiger partial charge in [-0.3, -0.25) is 4.79 Å². The maximum Gasteiger partial charge on any atom is 0.435 e. The molecule has 0 bridgehead atoms. The van der Waals surface area contributed by atoms with Crippen LogP contribution in [0.4, 0.5) is 4.79 Å². The van der Waals surface area contributed by atoms with Gasteiger partial charge in [-0.1, -0.05) is 0 Å². The molecule has 0 aromatic carbocycles. The van der Waals surface area contributed by atoms with Gasteiger partial charge in [-0.2, -0.15) is 10.1 Å². The van der Waals surface area contributed by atoms with Crippen molar-refractivity contribution in [2.75, 3.05) is 0 Å². The summed E-state index contributed by atoms with van der Waals surface area (Å²) in [5.41, 5.74) is -1.28. The number of carbonyl (C=O) groups is 2. The number of nitrogens with zero attached hydrogens (tertiary/aromatic N) is 3. The zero-order valence-electron chi connectivity index (χ0n) is 13.9. The van der Waals surface area contributed by atoms with Crippen molar-refractivity contribution in [3.05, 3.63) is 18.5 Å². The Labute approximate surface area is 130 Å². The van der Waals surface area contributed by atoms with Crippen LogP contribution >= 0.6 is 0 Å². The molecule has 0 unspecified atom stereocenters. The van der Waals surface area contributed by atoms with Crippen molar-refractivity contribution in [2.24, 2.45) is 4.99 Å². The van der Waals surface area contributed by atoms with E-state index in [-0.39, 0.29) is 12.3 Å². The van der Waals surface area contributed by atoms with Gasteiger partial charge in [-0.05, 0) is 47.6 Å². The van der Waals surface area contributed by atoms with Crippen LogP contribution in [0.3, 0.4) is 0 Å². The quantitative estimate of drug-likeness (QED) is 0.476. The molecule has 0 aliphatic rings. The lowest BCUT2D eigenvalue weighted by Crippen LogP contribution is -2.28. The number of amides is 1. The highest BCUT2D eigenvalue weighted by Gasteiger charge is 2.21. The van der Waals surface area contributed by atoms with E-state index in [0.717, 1.165) is 0 Å². The summed E-state index contributed by atoms with van der Waals surface area (Å²) in [6.45, 7) is 10.5. The van der Waals surface area contributed by atoms with E-state index in [1.807, 2.05) is 0 Å². The van der Waals surface area contributed by atoms with E-state index in [0.29, 0.717) is 0 Å². The first kappa shape index (κ1) is 17.9. The number of ether oxygens (including phenoxy) is 2. The molecular weight excluding hydrogens is 286 g/mol. The molecule has 7 nitrogen and oxygen atoms in total. The highest BCUT2D eigenvalue weighted by atomic mass is 16.6. The summed E-state index contributed by atoms with van der Waals surface area (Å²) < 4.78 is 11.7. The van der Waals surface area contributed by atoms with Crippen LogP contribution < -0.4 is 0 Å². The predicted molar refractivity (Wildman–Crippen MR) is 81.8 cm³/mol. The lowest BCUT2D eigenvalue weighted by Gasteiger charge is -2.20. The number of rotatable bonds is 2. The summed E-state index contributed by atoms with van der Waals surface area (Å²) in [4.78, 5) is 27.6. The number of hydrogen-bond acceptors (Lipinski definition) is 5. The molecule has 0 aliphatic carbocycles. The molecular formula is C15H23N3O4. The van der Waals surface area contributed by atoms with Crippen LogP contribution in [0.2, 0.25) is 0 Å². The van der Waals surface area contributed by atoms with Gasteiger partial charge in [0.1, 0.15) is 23.5 Å². The first-order valence-corrected chi connectivity index (χ1v) is 6.99. The molecule has 1 aromatic heterocycles. The van der Waals surface area contributed by atoms with Gasteiger partial charge in [0.25, 0.3) is 0 Å². The topological polar surface area (TPSA) is 82.8 Å². The third-order valence-electron chi connectivity index (χ3n) is 2.11. The van der Waals surface area contributed by atoms with Gasteiger partial charge < -0.3 is 9.47 Å². The lowest BCUT2D eigenvalue weighted by atomic mass is 10.2. The largest absolute Gasteiger partial charge is 0.460 e. The van der Waals surface area contributed by atoms with Crippen molar-refractivity contribution < 1.29 is 19.1 Å². The van der Waals surface area contributed by atoms with Crippen LogP contribution in [0.25, 0.3) is 0 Å². The third-order valence-corrected chi connectivity index (χ3v) is 2.11. The molecule has 0 saturated heterocycles. The smallest absolute Gasteiger partial charge is 0.435 e. The molecule has 0 N–H and O–H groups in total. The number of esters is 1. The summed E-state index contributed by atoms with van der Waals surface area (Å²) in [6, 6.07) is 1.67. The Morgan fingerprint density at radius 3 is 2.14 bits per heavy atom. The monoisotopic (exact) mass is 309 g/mol. The van der Waals surface area contributed by atoms with Gasteiger partial charge in [-0.15, -0.1) is 0 Å². The zero-order valence-corrected chi connectivity index (χ0v) is 13.9. The van der Waals surface area contributed by atoms with Gasteiger partial charge in [0, 0.05) is 12.4 Å². The minimum Gasteiger partial charge on any atom is -0.460 e. The van der Waals surface area contributed by atoms with E-state index in [1.54, 1.807) is 53.8 Å². The molecule has 0 aliphatic heterocycles. The van der Waals surface area contributed by atoms with E-state index in [2.05, 4.69) is 10.1 Å². The minimum absolute atomic E-state index is 0.147. The van der Waals surface area contributed by atoms with Gasteiger partial charge in [0.15, 0.2) is 0 Å². The Kier molecular flexibility index (Phi) is 5.46. The van der Waals surface area contributed by atoms with Crippen molar-refractivity contribution >= 4 is 17.9 Å². The van der Waals surface area contributed by atoms with Gasteiger partial charge in [0.2, 0.25) is 0 Å². The minimum atomic E-state index is -0.776. The molecule has 1 rings (SSSR count). The summed E-state index contributed by atoms with van der Waals surface area (Å²) >= 11 is 0. The fourth-order valence-electron chi connectivity index (χ4n) is 1.49. The summed E-state index contributed by atoms with van der Waals surface area (Å²) in [7, 11) is 0. The molecule has 122 valence electrons. The average molecular weight is 309 g/mol. The van der Waals surface area contributed by atoms with Crippen LogP contribution in [-0.2, 0) is 14.3 Å². The van der Waals surface area contributed by atoms with Crippen molar-refractivity contribution in [3.63, 3.8) is 0 Å². The summed E-state index contributed by atoms with van der Waals surface area (Å²) in [6.07, 6.45) is 2.16. The molecule has 1 heterocycles. The fourth-order valence-corrected chi connectivity index (χ4v) is 1.49. The molecule has 1 amide bonds. The fraction of sp³-hybridized carbons (Fsp3) is 0.600. The standard InChI is InChI=1S/C15H23N3O4/c1-14(2,3)21-12(19)10-11(18-9-7-8-16-18)17-13(20)22-15(4,5)6/h7-9H,10H2,1-6H3.